The zero-order valence-corrected chi connectivity index (χ0v) is 10.8. The summed E-state index contributed by atoms with van der Waals surface area (Å²) in [5, 5.41) is 0. The van der Waals surface area contributed by atoms with Crippen molar-refractivity contribution in [2.24, 2.45) is 5.41 Å². The summed E-state index contributed by atoms with van der Waals surface area (Å²) in [5.74, 6) is 6.36. The Kier molecular flexibility index (Phi) is 4.59. The van der Waals surface area contributed by atoms with Crippen molar-refractivity contribution in [2.75, 3.05) is 0 Å². The van der Waals surface area contributed by atoms with Gasteiger partial charge in [0.25, 0.3) is 0 Å². The average Bonchev–Trinajstić information content (AvgIpc) is 2.46. The molecule has 0 aliphatic heterocycles. The second kappa shape index (κ2) is 6.40. The zero-order valence-electron chi connectivity index (χ0n) is 10.8. The standard InChI is InChI=1S/C17H20O/c18-15-17(12-6-2-7-13-17)14-8-5-11-16-9-3-1-4-10-16/h1,3-4,9-10,15H,2,6-8,12-14H2. The second-order valence-corrected chi connectivity index (χ2v) is 5.21. The predicted octanol–water partition coefficient (Wildman–Crippen LogP) is 3.97. The van der Waals surface area contributed by atoms with E-state index >= 15 is 0 Å². The number of rotatable bonds is 3. The molecule has 1 saturated carbocycles. The lowest BCUT2D eigenvalue weighted by atomic mass is 9.72. The SMILES string of the molecule is O=CC1(CCC#Cc2ccccc2)CCCCC1. The van der Waals surface area contributed by atoms with E-state index in [0.717, 1.165) is 31.2 Å². The van der Waals surface area contributed by atoms with Crippen LogP contribution in [-0.2, 0) is 4.79 Å². The Morgan fingerprint density at radius 1 is 1.11 bits per heavy atom. The van der Waals surface area contributed by atoms with Crippen LogP contribution in [0, 0.1) is 17.3 Å². The molecule has 0 heterocycles. The van der Waals surface area contributed by atoms with Crippen molar-refractivity contribution in [2.45, 2.75) is 44.9 Å². The van der Waals surface area contributed by atoms with Crippen LogP contribution in [0.2, 0.25) is 0 Å². The van der Waals surface area contributed by atoms with Crippen LogP contribution in [0.15, 0.2) is 30.3 Å². The Morgan fingerprint density at radius 2 is 1.83 bits per heavy atom. The molecule has 1 aromatic rings. The molecular formula is C17H20O. The highest BCUT2D eigenvalue weighted by atomic mass is 16.1. The topological polar surface area (TPSA) is 17.1 Å². The summed E-state index contributed by atoms with van der Waals surface area (Å²) in [5.41, 5.74) is 0.991. The largest absolute Gasteiger partial charge is 0.303 e. The molecule has 1 heteroatoms. The van der Waals surface area contributed by atoms with Crippen LogP contribution in [-0.4, -0.2) is 6.29 Å². The van der Waals surface area contributed by atoms with Crippen molar-refractivity contribution in [3.05, 3.63) is 35.9 Å². The minimum Gasteiger partial charge on any atom is -0.303 e. The van der Waals surface area contributed by atoms with Crippen LogP contribution in [0.25, 0.3) is 0 Å². The Hall–Kier alpha value is -1.55. The van der Waals surface area contributed by atoms with Crippen molar-refractivity contribution in [3.8, 4) is 11.8 Å². The summed E-state index contributed by atoms with van der Waals surface area (Å²) in [6.45, 7) is 0. The molecule has 1 fully saturated rings. The number of benzene rings is 1. The van der Waals surface area contributed by atoms with E-state index in [4.69, 9.17) is 0 Å². The van der Waals surface area contributed by atoms with Crippen LogP contribution in [0.4, 0.5) is 0 Å². The van der Waals surface area contributed by atoms with Gasteiger partial charge in [0, 0.05) is 17.4 Å². The van der Waals surface area contributed by atoms with E-state index in [0.29, 0.717) is 0 Å². The van der Waals surface area contributed by atoms with E-state index in [1.54, 1.807) is 0 Å². The highest BCUT2D eigenvalue weighted by molar-refractivity contribution is 5.59. The molecule has 0 bridgehead atoms. The lowest BCUT2D eigenvalue weighted by molar-refractivity contribution is -0.118. The first kappa shape index (κ1) is 12.9. The van der Waals surface area contributed by atoms with Gasteiger partial charge < -0.3 is 4.79 Å². The Morgan fingerprint density at radius 3 is 2.50 bits per heavy atom. The fourth-order valence-corrected chi connectivity index (χ4v) is 2.68. The number of hydrogen-bond acceptors (Lipinski definition) is 1. The van der Waals surface area contributed by atoms with E-state index in [9.17, 15) is 4.79 Å². The van der Waals surface area contributed by atoms with Crippen molar-refractivity contribution in [1.82, 2.24) is 0 Å². The first-order valence-electron chi connectivity index (χ1n) is 6.85. The molecule has 0 atom stereocenters. The molecule has 2 rings (SSSR count). The molecule has 1 nitrogen and oxygen atoms in total. The minimum atomic E-state index is -0.0659. The van der Waals surface area contributed by atoms with Gasteiger partial charge in [0.05, 0.1) is 0 Å². The summed E-state index contributed by atoms with van der Waals surface area (Å²) in [6, 6.07) is 10.0. The summed E-state index contributed by atoms with van der Waals surface area (Å²) >= 11 is 0. The molecule has 1 aromatic carbocycles. The first-order chi connectivity index (χ1) is 8.85. The third-order valence-corrected chi connectivity index (χ3v) is 3.85. The maximum atomic E-state index is 11.3. The summed E-state index contributed by atoms with van der Waals surface area (Å²) in [4.78, 5) is 11.3. The maximum absolute atomic E-state index is 11.3. The van der Waals surface area contributed by atoms with Gasteiger partial charge in [0.15, 0.2) is 0 Å². The minimum absolute atomic E-state index is 0.0659. The number of aldehydes is 1. The highest BCUT2D eigenvalue weighted by Crippen LogP contribution is 2.38. The fraction of sp³-hybridized carbons (Fsp3) is 0.471. The predicted molar refractivity (Wildman–Crippen MR) is 74.1 cm³/mol. The molecule has 18 heavy (non-hydrogen) atoms. The number of carbonyl (C=O) groups is 1. The quantitative estimate of drug-likeness (QED) is 0.577. The zero-order chi connectivity index (χ0) is 12.7. The highest BCUT2D eigenvalue weighted by Gasteiger charge is 2.30. The van der Waals surface area contributed by atoms with E-state index in [1.807, 2.05) is 30.3 Å². The van der Waals surface area contributed by atoms with Crippen molar-refractivity contribution in [1.29, 1.82) is 0 Å². The number of carbonyl (C=O) groups excluding carboxylic acids is 1. The maximum Gasteiger partial charge on any atom is 0.126 e. The molecule has 0 aromatic heterocycles. The third kappa shape index (κ3) is 3.47. The van der Waals surface area contributed by atoms with Crippen LogP contribution >= 0.6 is 0 Å². The van der Waals surface area contributed by atoms with Crippen molar-refractivity contribution < 1.29 is 4.79 Å². The van der Waals surface area contributed by atoms with E-state index in [1.165, 1.54) is 25.5 Å². The third-order valence-electron chi connectivity index (χ3n) is 3.85. The molecule has 0 N–H and O–H groups in total. The van der Waals surface area contributed by atoms with E-state index < -0.39 is 0 Å². The van der Waals surface area contributed by atoms with Gasteiger partial charge in [-0.15, -0.1) is 0 Å². The van der Waals surface area contributed by atoms with Gasteiger partial charge in [0.1, 0.15) is 6.29 Å². The molecule has 1 aliphatic rings. The van der Waals surface area contributed by atoms with E-state index in [2.05, 4.69) is 11.8 Å². The first-order valence-corrected chi connectivity index (χ1v) is 6.85. The lowest BCUT2D eigenvalue weighted by Gasteiger charge is -2.31. The molecule has 0 spiro atoms. The van der Waals surface area contributed by atoms with Crippen LogP contribution in [0.5, 0.6) is 0 Å². The Balaban J connectivity index is 1.88. The van der Waals surface area contributed by atoms with Crippen molar-refractivity contribution in [3.63, 3.8) is 0 Å². The average molecular weight is 240 g/mol. The fourth-order valence-electron chi connectivity index (χ4n) is 2.68. The van der Waals surface area contributed by atoms with Crippen molar-refractivity contribution >= 4 is 6.29 Å². The molecule has 0 radical (unpaired) electrons. The second-order valence-electron chi connectivity index (χ2n) is 5.21. The van der Waals surface area contributed by atoms with Gasteiger partial charge in [-0.05, 0) is 31.4 Å². The molecule has 1 aliphatic carbocycles. The smallest absolute Gasteiger partial charge is 0.126 e. The Bertz CT molecular complexity index is 430. The molecule has 0 saturated heterocycles. The summed E-state index contributed by atoms with van der Waals surface area (Å²) in [7, 11) is 0. The Labute approximate surface area is 110 Å². The molecule has 94 valence electrons. The van der Waals surface area contributed by atoms with Crippen LogP contribution in [0.3, 0.4) is 0 Å². The van der Waals surface area contributed by atoms with Gasteiger partial charge in [0.2, 0.25) is 0 Å². The van der Waals surface area contributed by atoms with Gasteiger partial charge in [-0.1, -0.05) is 49.3 Å². The van der Waals surface area contributed by atoms with E-state index in [-0.39, 0.29) is 5.41 Å². The molecule has 0 amide bonds. The molecule has 0 unspecified atom stereocenters. The van der Waals surface area contributed by atoms with Gasteiger partial charge in [-0.25, -0.2) is 0 Å². The molecular weight excluding hydrogens is 220 g/mol. The monoisotopic (exact) mass is 240 g/mol. The van der Waals surface area contributed by atoms with Gasteiger partial charge >= 0.3 is 0 Å². The summed E-state index contributed by atoms with van der Waals surface area (Å²) < 4.78 is 0. The van der Waals surface area contributed by atoms with Crippen LogP contribution in [0.1, 0.15) is 50.5 Å². The summed E-state index contributed by atoms with van der Waals surface area (Å²) in [6.07, 6.45) is 8.74. The number of hydrogen-bond donors (Lipinski definition) is 0. The van der Waals surface area contributed by atoms with Gasteiger partial charge in [-0.2, -0.15) is 0 Å². The van der Waals surface area contributed by atoms with Gasteiger partial charge in [-0.3, -0.25) is 0 Å². The van der Waals surface area contributed by atoms with Crippen LogP contribution < -0.4 is 0 Å². The normalized spacial score (nSPS) is 17.6. The lowest BCUT2D eigenvalue weighted by Crippen LogP contribution is -2.25.